The summed E-state index contributed by atoms with van der Waals surface area (Å²) >= 11 is 0. The van der Waals surface area contributed by atoms with Crippen LogP contribution in [0.4, 0.5) is 0 Å². The molecule has 0 spiro atoms. The van der Waals surface area contributed by atoms with Gasteiger partial charge < -0.3 is 9.47 Å². The molecule has 4 nitrogen and oxygen atoms in total. The van der Waals surface area contributed by atoms with E-state index in [0.29, 0.717) is 0 Å². The van der Waals surface area contributed by atoms with Crippen LogP contribution in [-0.2, 0) is 14.3 Å². The maximum Gasteiger partial charge on any atom is 0.326 e. The first kappa shape index (κ1) is 17.4. The summed E-state index contributed by atoms with van der Waals surface area (Å²) in [6.45, 7) is 7.12. The van der Waals surface area contributed by atoms with E-state index in [-0.39, 0.29) is 18.1 Å². The van der Waals surface area contributed by atoms with Gasteiger partial charge in [0.1, 0.15) is 5.54 Å². The fourth-order valence-electron chi connectivity index (χ4n) is 3.09. The van der Waals surface area contributed by atoms with Gasteiger partial charge in [-0.1, -0.05) is 19.8 Å². The Morgan fingerprint density at radius 3 is 2.75 bits per heavy atom. The van der Waals surface area contributed by atoms with Gasteiger partial charge >= 0.3 is 5.97 Å². The first-order valence-electron chi connectivity index (χ1n) is 8.01. The van der Waals surface area contributed by atoms with Gasteiger partial charge in [-0.25, -0.2) is 0 Å². The lowest BCUT2D eigenvalue weighted by Gasteiger charge is -2.40. The largest absolute Gasteiger partial charge is 0.468 e. The minimum absolute atomic E-state index is 0.145. The maximum absolute atomic E-state index is 12.2. The second-order valence-corrected chi connectivity index (χ2v) is 6.17. The van der Waals surface area contributed by atoms with Crippen LogP contribution in [0.25, 0.3) is 0 Å². The number of unbranched alkanes of at least 4 members (excludes halogenated alkanes) is 2. The molecule has 0 saturated heterocycles. The summed E-state index contributed by atoms with van der Waals surface area (Å²) in [4.78, 5) is 12.2. The summed E-state index contributed by atoms with van der Waals surface area (Å²) in [5, 5.41) is 3.42. The molecule has 0 bridgehead atoms. The van der Waals surface area contributed by atoms with Crippen LogP contribution in [0.15, 0.2) is 0 Å². The Balaban J connectivity index is 2.58. The number of rotatable bonds is 8. The lowest BCUT2D eigenvalue weighted by molar-refractivity contribution is -0.153. The van der Waals surface area contributed by atoms with Gasteiger partial charge in [0.05, 0.1) is 13.2 Å². The van der Waals surface area contributed by atoms with Crippen molar-refractivity contribution < 1.29 is 14.3 Å². The summed E-state index contributed by atoms with van der Waals surface area (Å²) in [5.41, 5.74) is -0.559. The van der Waals surface area contributed by atoms with Crippen molar-refractivity contribution in [2.75, 3.05) is 13.7 Å². The van der Waals surface area contributed by atoms with Gasteiger partial charge in [-0.05, 0) is 39.5 Å². The van der Waals surface area contributed by atoms with E-state index < -0.39 is 5.54 Å². The molecule has 1 N–H and O–H groups in total. The first-order chi connectivity index (χ1) is 9.54. The molecule has 1 fully saturated rings. The van der Waals surface area contributed by atoms with Crippen molar-refractivity contribution in [1.29, 1.82) is 0 Å². The molecule has 1 rings (SSSR count). The highest BCUT2D eigenvalue weighted by Gasteiger charge is 2.44. The second-order valence-electron chi connectivity index (χ2n) is 6.17. The Bertz CT molecular complexity index is 293. The Morgan fingerprint density at radius 1 is 1.40 bits per heavy atom. The standard InChI is InChI=1S/C16H31NO3/c1-5-6-7-11-20-14-9-8-10-16(12-14,15(18)19-4)17-13(2)3/h13-14,17H,5-12H2,1-4H3. The van der Waals surface area contributed by atoms with Gasteiger partial charge in [-0.3, -0.25) is 10.1 Å². The third-order valence-electron chi connectivity index (χ3n) is 3.95. The molecular formula is C16H31NO3. The predicted molar refractivity (Wildman–Crippen MR) is 80.8 cm³/mol. The fourth-order valence-corrected chi connectivity index (χ4v) is 3.09. The lowest BCUT2D eigenvalue weighted by Crippen LogP contribution is -2.58. The normalized spacial score (nSPS) is 26.8. The molecular weight excluding hydrogens is 254 g/mol. The number of methoxy groups -OCH3 is 1. The molecule has 2 atom stereocenters. The number of hydrogen-bond acceptors (Lipinski definition) is 4. The van der Waals surface area contributed by atoms with Gasteiger partial charge in [-0.15, -0.1) is 0 Å². The zero-order valence-corrected chi connectivity index (χ0v) is 13.5. The molecule has 0 aromatic rings. The minimum Gasteiger partial charge on any atom is -0.468 e. The van der Waals surface area contributed by atoms with Crippen molar-refractivity contribution in [3.63, 3.8) is 0 Å². The Hall–Kier alpha value is -0.610. The SMILES string of the molecule is CCCCCOC1CCCC(NC(C)C)(C(=O)OC)C1. The van der Waals surface area contributed by atoms with Crippen LogP contribution in [0, 0.1) is 0 Å². The van der Waals surface area contributed by atoms with Crippen LogP contribution < -0.4 is 5.32 Å². The molecule has 4 heteroatoms. The highest BCUT2D eigenvalue weighted by atomic mass is 16.5. The first-order valence-corrected chi connectivity index (χ1v) is 8.01. The second kappa shape index (κ2) is 8.63. The Morgan fingerprint density at radius 2 is 2.15 bits per heavy atom. The molecule has 118 valence electrons. The molecule has 0 radical (unpaired) electrons. The van der Waals surface area contributed by atoms with E-state index in [2.05, 4.69) is 26.1 Å². The van der Waals surface area contributed by atoms with Crippen molar-refractivity contribution in [2.24, 2.45) is 0 Å². The molecule has 20 heavy (non-hydrogen) atoms. The summed E-state index contributed by atoms with van der Waals surface area (Å²) in [6, 6.07) is 0.257. The molecule has 0 amide bonds. The van der Waals surface area contributed by atoms with Crippen molar-refractivity contribution in [3.8, 4) is 0 Å². The number of carbonyl (C=O) groups excluding carboxylic acids is 1. The average molecular weight is 285 g/mol. The molecule has 2 unspecified atom stereocenters. The average Bonchev–Trinajstić information content (AvgIpc) is 2.42. The highest BCUT2D eigenvalue weighted by molar-refractivity contribution is 5.81. The van der Waals surface area contributed by atoms with E-state index in [4.69, 9.17) is 9.47 Å². The van der Waals surface area contributed by atoms with Crippen molar-refractivity contribution in [2.45, 2.75) is 83.4 Å². The lowest BCUT2D eigenvalue weighted by atomic mass is 9.79. The van der Waals surface area contributed by atoms with E-state index in [1.54, 1.807) is 0 Å². The maximum atomic E-state index is 12.2. The molecule has 0 aliphatic heterocycles. The molecule has 0 aromatic carbocycles. The van der Waals surface area contributed by atoms with Gasteiger partial charge in [0.15, 0.2) is 0 Å². The molecule has 1 saturated carbocycles. The smallest absolute Gasteiger partial charge is 0.326 e. The van der Waals surface area contributed by atoms with E-state index in [1.165, 1.54) is 20.0 Å². The summed E-state index contributed by atoms with van der Waals surface area (Å²) in [5.74, 6) is -0.145. The zero-order chi connectivity index (χ0) is 15.0. The van der Waals surface area contributed by atoms with Gasteiger partial charge in [0, 0.05) is 19.1 Å². The molecule has 0 aromatic heterocycles. The van der Waals surface area contributed by atoms with Crippen LogP contribution in [0.3, 0.4) is 0 Å². The third kappa shape index (κ3) is 5.06. The number of esters is 1. The van der Waals surface area contributed by atoms with Crippen molar-refractivity contribution >= 4 is 5.97 Å². The van der Waals surface area contributed by atoms with Crippen molar-refractivity contribution in [3.05, 3.63) is 0 Å². The monoisotopic (exact) mass is 285 g/mol. The van der Waals surface area contributed by atoms with Crippen LogP contribution in [0.1, 0.15) is 65.7 Å². The van der Waals surface area contributed by atoms with Crippen LogP contribution in [-0.4, -0.2) is 37.4 Å². The Labute approximate surface area is 123 Å². The Kier molecular flexibility index (Phi) is 7.52. The molecule has 1 aliphatic carbocycles. The zero-order valence-electron chi connectivity index (χ0n) is 13.5. The number of nitrogens with one attached hydrogen (secondary N) is 1. The van der Waals surface area contributed by atoms with Gasteiger partial charge in [0.2, 0.25) is 0 Å². The molecule has 1 aliphatic rings. The third-order valence-corrected chi connectivity index (χ3v) is 3.95. The van der Waals surface area contributed by atoms with Crippen LogP contribution in [0.2, 0.25) is 0 Å². The van der Waals surface area contributed by atoms with E-state index in [9.17, 15) is 4.79 Å². The van der Waals surface area contributed by atoms with Gasteiger partial charge in [0.25, 0.3) is 0 Å². The highest BCUT2D eigenvalue weighted by Crippen LogP contribution is 2.32. The van der Waals surface area contributed by atoms with E-state index in [0.717, 1.165) is 38.7 Å². The minimum atomic E-state index is -0.559. The molecule has 0 heterocycles. The number of carbonyl (C=O) groups is 1. The summed E-state index contributed by atoms with van der Waals surface area (Å²) in [6.07, 6.45) is 7.31. The fraction of sp³-hybridized carbons (Fsp3) is 0.938. The quantitative estimate of drug-likeness (QED) is 0.550. The van der Waals surface area contributed by atoms with E-state index in [1.807, 2.05) is 0 Å². The number of hydrogen-bond donors (Lipinski definition) is 1. The van der Waals surface area contributed by atoms with Crippen LogP contribution >= 0.6 is 0 Å². The summed E-state index contributed by atoms with van der Waals surface area (Å²) < 4.78 is 11.0. The number of ether oxygens (including phenoxy) is 2. The van der Waals surface area contributed by atoms with Gasteiger partial charge in [-0.2, -0.15) is 0 Å². The van der Waals surface area contributed by atoms with E-state index >= 15 is 0 Å². The topological polar surface area (TPSA) is 47.6 Å². The van der Waals surface area contributed by atoms with Crippen LogP contribution in [0.5, 0.6) is 0 Å². The van der Waals surface area contributed by atoms with Crippen molar-refractivity contribution in [1.82, 2.24) is 5.32 Å². The predicted octanol–water partition coefficient (Wildman–Crippen LogP) is 3.05. The summed E-state index contributed by atoms with van der Waals surface area (Å²) in [7, 11) is 1.47.